The van der Waals surface area contributed by atoms with Crippen LogP contribution in [0, 0.1) is 5.41 Å². The summed E-state index contributed by atoms with van der Waals surface area (Å²) in [5.74, 6) is -1.02. The van der Waals surface area contributed by atoms with E-state index in [-0.39, 0.29) is 11.6 Å². The fourth-order valence-electron chi connectivity index (χ4n) is 2.41. The lowest BCUT2D eigenvalue weighted by Crippen LogP contribution is -2.57. The number of aliphatic carboxylic acids is 1. The number of hydrogen-bond donors (Lipinski definition) is 2. The summed E-state index contributed by atoms with van der Waals surface area (Å²) in [6.07, 6.45) is 1.75. The molecule has 0 aliphatic carbocycles. The van der Waals surface area contributed by atoms with E-state index in [0.717, 1.165) is 12.8 Å². The number of methoxy groups -OCH3 is 1. The highest BCUT2D eigenvalue weighted by Crippen LogP contribution is 2.25. The molecule has 0 aromatic carbocycles. The molecule has 1 saturated heterocycles. The Bertz CT molecular complexity index is 378. The molecule has 1 rings (SSSR count). The molecule has 0 aromatic rings. The second kappa shape index (κ2) is 5.99. The Morgan fingerprint density at radius 1 is 1.40 bits per heavy atom. The van der Waals surface area contributed by atoms with Gasteiger partial charge in [-0.1, -0.05) is 20.8 Å². The minimum Gasteiger partial charge on any atom is -0.480 e. The predicted molar refractivity (Wildman–Crippen MR) is 75.6 cm³/mol. The van der Waals surface area contributed by atoms with E-state index in [1.807, 2.05) is 6.92 Å². The van der Waals surface area contributed by atoms with Gasteiger partial charge in [-0.15, -0.1) is 0 Å². The third-order valence-electron chi connectivity index (χ3n) is 3.82. The van der Waals surface area contributed by atoms with E-state index in [2.05, 4.69) is 5.32 Å². The molecule has 1 unspecified atom stereocenters. The van der Waals surface area contributed by atoms with Crippen molar-refractivity contribution in [3.63, 3.8) is 0 Å². The van der Waals surface area contributed by atoms with Gasteiger partial charge in [0.15, 0.2) is 0 Å². The number of rotatable bonds is 3. The van der Waals surface area contributed by atoms with Gasteiger partial charge < -0.3 is 20.1 Å². The van der Waals surface area contributed by atoms with Gasteiger partial charge in [0, 0.05) is 13.7 Å². The number of piperidine rings is 1. The number of carbonyl (C=O) groups is 2. The summed E-state index contributed by atoms with van der Waals surface area (Å²) >= 11 is 0. The van der Waals surface area contributed by atoms with Crippen LogP contribution in [0.25, 0.3) is 0 Å². The van der Waals surface area contributed by atoms with Crippen molar-refractivity contribution in [3.8, 4) is 0 Å². The lowest BCUT2D eigenvalue weighted by atomic mass is 9.87. The molecule has 1 heterocycles. The fourth-order valence-corrected chi connectivity index (χ4v) is 2.41. The minimum absolute atomic E-state index is 0.338. The van der Waals surface area contributed by atoms with Crippen LogP contribution >= 0.6 is 0 Å². The Balaban J connectivity index is 2.72. The minimum atomic E-state index is -1.02. The number of nitrogens with one attached hydrogen (secondary N) is 1. The van der Waals surface area contributed by atoms with Gasteiger partial charge >= 0.3 is 12.0 Å². The van der Waals surface area contributed by atoms with Gasteiger partial charge in [0.1, 0.15) is 6.04 Å². The van der Waals surface area contributed by atoms with Crippen LogP contribution in [-0.2, 0) is 9.53 Å². The second-order valence-corrected chi connectivity index (χ2v) is 6.77. The number of likely N-dealkylation sites (tertiary alicyclic amines) is 1. The molecule has 116 valence electrons. The van der Waals surface area contributed by atoms with Crippen molar-refractivity contribution < 1.29 is 19.4 Å². The van der Waals surface area contributed by atoms with Crippen LogP contribution in [0.15, 0.2) is 0 Å². The van der Waals surface area contributed by atoms with Crippen molar-refractivity contribution in [2.45, 2.75) is 52.2 Å². The van der Waals surface area contributed by atoms with Crippen LogP contribution in [-0.4, -0.2) is 53.8 Å². The lowest BCUT2D eigenvalue weighted by Gasteiger charge is -2.40. The predicted octanol–water partition coefficient (Wildman–Crippen LogP) is 1.70. The van der Waals surface area contributed by atoms with E-state index in [9.17, 15) is 14.7 Å². The first-order valence-electron chi connectivity index (χ1n) is 6.92. The maximum absolute atomic E-state index is 12.3. The number of ether oxygens (including phenoxy) is 1. The summed E-state index contributed by atoms with van der Waals surface area (Å²) in [7, 11) is 1.64. The highest BCUT2D eigenvalue weighted by atomic mass is 16.5. The summed E-state index contributed by atoms with van der Waals surface area (Å²) in [5.41, 5.74) is -0.891. The van der Waals surface area contributed by atoms with E-state index in [0.29, 0.717) is 13.1 Å². The van der Waals surface area contributed by atoms with Crippen molar-refractivity contribution in [2.75, 3.05) is 20.2 Å². The zero-order chi connectivity index (χ0) is 15.6. The average molecular weight is 286 g/mol. The number of hydrogen-bond acceptors (Lipinski definition) is 3. The first kappa shape index (κ1) is 16.8. The smallest absolute Gasteiger partial charge is 0.326 e. The van der Waals surface area contributed by atoms with Crippen molar-refractivity contribution in [1.29, 1.82) is 0 Å². The average Bonchev–Trinajstić information content (AvgIpc) is 2.34. The summed E-state index contributed by atoms with van der Waals surface area (Å²) in [4.78, 5) is 25.2. The summed E-state index contributed by atoms with van der Waals surface area (Å²) in [5, 5.41) is 11.9. The Kier molecular flexibility index (Phi) is 5.02. The number of nitrogens with zero attached hydrogens (tertiary/aromatic N) is 1. The summed E-state index contributed by atoms with van der Waals surface area (Å²) < 4.78 is 5.44. The molecule has 2 N–H and O–H groups in total. The lowest BCUT2D eigenvalue weighted by molar-refractivity contribution is -0.142. The molecule has 6 heteroatoms. The number of urea groups is 1. The maximum atomic E-state index is 12.3. The van der Waals surface area contributed by atoms with Crippen LogP contribution in [0.1, 0.15) is 40.5 Å². The van der Waals surface area contributed by atoms with E-state index in [1.165, 1.54) is 0 Å². The third kappa shape index (κ3) is 4.10. The largest absolute Gasteiger partial charge is 0.480 e. The summed E-state index contributed by atoms with van der Waals surface area (Å²) in [6, 6.07) is -1.25. The van der Waals surface area contributed by atoms with Crippen LogP contribution in [0.4, 0.5) is 4.79 Å². The Hall–Kier alpha value is -1.30. The maximum Gasteiger partial charge on any atom is 0.326 e. The molecule has 0 bridgehead atoms. The Morgan fingerprint density at radius 2 is 2.00 bits per heavy atom. The zero-order valence-corrected chi connectivity index (χ0v) is 13.0. The molecule has 0 saturated carbocycles. The Morgan fingerprint density at radius 3 is 2.45 bits per heavy atom. The van der Waals surface area contributed by atoms with Crippen LogP contribution in [0.5, 0.6) is 0 Å². The number of amides is 2. The molecule has 0 radical (unpaired) electrons. The number of carboxylic acid groups (broad SMARTS) is 1. The number of carbonyl (C=O) groups excluding carboxylic acids is 1. The van der Waals surface area contributed by atoms with Gasteiger partial charge in [0.25, 0.3) is 0 Å². The van der Waals surface area contributed by atoms with E-state index in [4.69, 9.17) is 4.74 Å². The summed E-state index contributed by atoms with van der Waals surface area (Å²) in [6.45, 7) is 8.45. The van der Waals surface area contributed by atoms with Crippen molar-refractivity contribution in [1.82, 2.24) is 10.2 Å². The molecule has 6 nitrogen and oxygen atoms in total. The normalized spacial score (nSPS) is 25.1. The van der Waals surface area contributed by atoms with Gasteiger partial charge in [-0.05, 0) is 25.2 Å². The topological polar surface area (TPSA) is 78.9 Å². The Labute approximate surface area is 120 Å². The third-order valence-corrected chi connectivity index (χ3v) is 3.82. The van der Waals surface area contributed by atoms with Crippen molar-refractivity contribution in [2.24, 2.45) is 5.41 Å². The molecule has 1 aliphatic rings. The van der Waals surface area contributed by atoms with E-state index >= 15 is 0 Å². The van der Waals surface area contributed by atoms with Crippen LogP contribution in [0.3, 0.4) is 0 Å². The molecule has 2 atom stereocenters. The SMILES string of the molecule is COC1(C)CCCN(C(=O)N[C@H](C(=O)O)C(C)(C)C)C1. The second-order valence-electron chi connectivity index (χ2n) is 6.77. The monoisotopic (exact) mass is 286 g/mol. The standard InChI is InChI=1S/C14H26N2O4/c1-13(2,3)10(11(17)18)15-12(19)16-8-6-7-14(4,9-16)20-5/h10H,6-9H2,1-5H3,(H,15,19)(H,17,18)/t10-,14?/m1/s1. The quantitative estimate of drug-likeness (QED) is 0.827. The van der Waals surface area contributed by atoms with Crippen molar-refractivity contribution in [3.05, 3.63) is 0 Å². The molecular weight excluding hydrogens is 260 g/mol. The first-order valence-corrected chi connectivity index (χ1v) is 6.92. The van der Waals surface area contributed by atoms with Gasteiger partial charge in [-0.3, -0.25) is 0 Å². The highest BCUT2D eigenvalue weighted by Gasteiger charge is 2.37. The van der Waals surface area contributed by atoms with Crippen LogP contribution < -0.4 is 5.32 Å². The van der Waals surface area contributed by atoms with Gasteiger partial charge in [0.05, 0.1) is 12.1 Å². The van der Waals surface area contributed by atoms with Gasteiger partial charge in [-0.2, -0.15) is 0 Å². The van der Waals surface area contributed by atoms with Crippen LogP contribution in [0.2, 0.25) is 0 Å². The molecule has 1 fully saturated rings. The number of carboxylic acids is 1. The van der Waals surface area contributed by atoms with Gasteiger partial charge in [-0.25, -0.2) is 9.59 Å². The fraction of sp³-hybridized carbons (Fsp3) is 0.857. The van der Waals surface area contributed by atoms with Gasteiger partial charge in [0.2, 0.25) is 0 Å². The highest BCUT2D eigenvalue weighted by molar-refractivity contribution is 5.83. The first-order chi connectivity index (χ1) is 9.09. The molecule has 2 amide bonds. The van der Waals surface area contributed by atoms with E-state index < -0.39 is 17.4 Å². The zero-order valence-electron chi connectivity index (χ0n) is 13.0. The molecule has 0 aromatic heterocycles. The van der Waals surface area contributed by atoms with E-state index in [1.54, 1.807) is 32.8 Å². The molecular formula is C14H26N2O4. The molecule has 0 spiro atoms. The molecule has 20 heavy (non-hydrogen) atoms. The molecule has 1 aliphatic heterocycles. The van der Waals surface area contributed by atoms with Crippen molar-refractivity contribution >= 4 is 12.0 Å².